The number of hydrogen-bond acceptors (Lipinski definition) is 6. The van der Waals surface area contributed by atoms with Crippen molar-refractivity contribution in [3.05, 3.63) is 89.9 Å². The second-order valence-corrected chi connectivity index (χ2v) is 8.63. The fourth-order valence-electron chi connectivity index (χ4n) is 4.09. The SMILES string of the molecule is CC(O)(CCn1cccn1)c1ccc2c(c1)CN(C(=O)c1cc(-c3ccccc3)no1)CCO2. The monoisotopic (exact) mass is 458 g/mol. The smallest absolute Gasteiger partial charge is 0.292 e. The van der Waals surface area contributed by atoms with E-state index in [0.29, 0.717) is 44.1 Å². The third-order valence-corrected chi connectivity index (χ3v) is 6.13. The lowest BCUT2D eigenvalue weighted by Crippen LogP contribution is -2.32. The minimum atomic E-state index is -1.06. The first-order valence-corrected chi connectivity index (χ1v) is 11.3. The van der Waals surface area contributed by atoms with E-state index < -0.39 is 5.60 Å². The zero-order valence-electron chi connectivity index (χ0n) is 18.9. The molecule has 1 amide bonds. The average molecular weight is 459 g/mol. The van der Waals surface area contributed by atoms with Crippen molar-refractivity contribution in [2.75, 3.05) is 13.2 Å². The van der Waals surface area contributed by atoms with Crippen molar-refractivity contribution in [1.29, 1.82) is 0 Å². The normalized spacial score (nSPS) is 15.2. The number of aliphatic hydroxyl groups is 1. The van der Waals surface area contributed by atoms with Gasteiger partial charge in [-0.3, -0.25) is 9.48 Å². The number of rotatable bonds is 6. The van der Waals surface area contributed by atoms with Gasteiger partial charge in [-0.25, -0.2) is 0 Å². The van der Waals surface area contributed by atoms with E-state index in [0.717, 1.165) is 16.7 Å². The third-order valence-electron chi connectivity index (χ3n) is 6.13. The predicted octanol–water partition coefficient (Wildman–Crippen LogP) is 3.87. The molecule has 2 aromatic heterocycles. The Morgan fingerprint density at radius 2 is 2.00 bits per heavy atom. The molecule has 0 bridgehead atoms. The molecule has 8 nitrogen and oxygen atoms in total. The number of benzene rings is 2. The van der Waals surface area contributed by atoms with Gasteiger partial charge in [0.1, 0.15) is 18.1 Å². The maximum atomic E-state index is 13.2. The van der Waals surface area contributed by atoms with Crippen LogP contribution in [-0.4, -0.2) is 44.0 Å². The molecule has 8 heteroatoms. The summed E-state index contributed by atoms with van der Waals surface area (Å²) in [7, 11) is 0. The Bertz CT molecular complexity index is 1270. The summed E-state index contributed by atoms with van der Waals surface area (Å²) in [6.45, 7) is 3.51. The van der Waals surface area contributed by atoms with Crippen LogP contribution < -0.4 is 4.74 Å². The van der Waals surface area contributed by atoms with Gasteiger partial charge in [-0.2, -0.15) is 5.10 Å². The number of nitrogens with zero attached hydrogens (tertiary/aromatic N) is 4. The zero-order valence-corrected chi connectivity index (χ0v) is 18.9. The summed E-state index contributed by atoms with van der Waals surface area (Å²) in [5.41, 5.74) is 2.05. The summed E-state index contributed by atoms with van der Waals surface area (Å²) in [4.78, 5) is 14.9. The highest BCUT2D eigenvalue weighted by Gasteiger charge is 2.28. The Morgan fingerprint density at radius 3 is 2.79 bits per heavy atom. The summed E-state index contributed by atoms with van der Waals surface area (Å²) < 4.78 is 13.1. The second kappa shape index (κ2) is 9.15. The van der Waals surface area contributed by atoms with E-state index >= 15 is 0 Å². The number of amides is 1. The number of fused-ring (bicyclic) bond motifs is 1. The minimum absolute atomic E-state index is 0.185. The van der Waals surface area contributed by atoms with Gasteiger partial charge >= 0.3 is 0 Å². The van der Waals surface area contributed by atoms with Crippen LogP contribution in [0.1, 0.15) is 35.0 Å². The zero-order chi connectivity index (χ0) is 23.5. The molecule has 0 spiro atoms. The van der Waals surface area contributed by atoms with Crippen LogP contribution in [0.25, 0.3) is 11.3 Å². The van der Waals surface area contributed by atoms with Gasteiger partial charge in [-0.1, -0.05) is 41.6 Å². The number of ether oxygens (including phenoxy) is 1. The van der Waals surface area contributed by atoms with Gasteiger partial charge < -0.3 is 19.3 Å². The number of aromatic nitrogens is 3. The van der Waals surface area contributed by atoms with Gasteiger partial charge in [-0.05, 0) is 37.1 Å². The molecule has 3 heterocycles. The molecule has 0 saturated heterocycles. The molecule has 1 aliphatic heterocycles. The van der Waals surface area contributed by atoms with Gasteiger partial charge in [0.15, 0.2) is 0 Å². The molecule has 0 radical (unpaired) electrons. The van der Waals surface area contributed by atoms with Gasteiger partial charge in [0.05, 0.1) is 12.1 Å². The van der Waals surface area contributed by atoms with Crippen molar-refractivity contribution < 1.29 is 19.2 Å². The maximum absolute atomic E-state index is 13.2. The Kier molecular flexibility index (Phi) is 5.90. The summed E-state index contributed by atoms with van der Waals surface area (Å²) in [5, 5.41) is 19.4. The predicted molar refractivity (Wildman–Crippen MR) is 125 cm³/mol. The van der Waals surface area contributed by atoms with Crippen LogP contribution >= 0.6 is 0 Å². The number of aryl methyl sites for hydroxylation is 1. The van der Waals surface area contributed by atoms with E-state index in [1.165, 1.54) is 0 Å². The fraction of sp³-hybridized carbons (Fsp3) is 0.269. The van der Waals surface area contributed by atoms with E-state index in [-0.39, 0.29) is 11.7 Å². The van der Waals surface area contributed by atoms with Gasteiger partial charge in [0.2, 0.25) is 5.76 Å². The first-order valence-electron chi connectivity index (χ1n) is 11.3. The third kappa shape index (κ3) is 4.58. The highest BCUT2D eigenvalue weighted by atomic mass is 16.5. The average Bonchev–Trinajstić information content (AvgIpc) is 3.51. The number of carbonyl (C=O) groups is 1. The van der Waals surface area contributed by atoms with E-state index in [1.807, 2.05) is 60.8 Å². The molecule has 0 aliphatic carbocycles. The van der Waals surface area contributed by atoms with Crippen LogP contribution in [0.15, 0.2) is 77.6 Å². The summed E-state index contributed by atoms with van der Waals surface area (Å²) >= 11 is 0. The molecule has 4 aromatic rings. The number of hydrogen-bond donors (Lipinski definition) is 1. The van der Waals surface area contributed by atoms with Gasteiger partial charge in [0, 0.05) is 42.7 Å². The minimum Gasteiger partial charge on any atom is -0.491 e. The number of carbonyl (C=O) groups excluding carboxylic acids is 1. The van der Waals surface area contributed by atoms with Crippen molar-refractivity contribution in [2.45, 2.75) is 32.0 Å². The molecule has 0 saturated carbocycles. The first-order chi connectivity index (χ1) is 16.5. The van der Waals surface area contributed by atoms with E-state index in [4.69, 9.17) is 9.26 Å². The molecule has 1 unspecified atom stereocenters. The van der Waals surface area contributed by atoms with Crippen LogP contribution in [-0.2, 0) is 18.7 Å². The summed E-state index contributed by atoms with van der Waals surface area (Å²) in [6, 6.07) is 18.8. The van der Waals surface area contributed by atoms with Crippen molar-refractivity contribution in [2.24, 2.45) is 0 Å². The molecular formula is C26H26N4O4. The molecule has 1 atom stereocenters. The lowest BCUT2D eigenvalue weighted by molar-refractivity contribution is 0.0419. The highest BCUT2D eigenvalue weighted by molar-refractivity contribution is 5.92. The Morgan fingerprint density at radius 1 is 1.15 bits per heavy atom. The lowest BCUT2D eigenvalue weighted by Gasteiger charge is -2.25. The van der Waals surface area contributed by atoms with Crippen LogP contribution in [0.4, 0.5) is 0 Å². The fourth-order valence-corrected chi connectivity index (χ4v) is 4.09. The molecule has 34 heavy (non-hydrogen) atoms. The van der Waals surface area contributed by atoms with Crippen molar-refractivity contribution in [3.8, 4) is 17.0 Å². The van der Waals surface area contributed by atoms with Crippen LogP contribution in [0.5, 0.6) is 5.75 Å². The molecule has 2 aromatic carbocycles. The quantitative estimate of drug-likeness (QED) is 0.471. The molecule has 1 N–H and O–H groups in total. The Hall–Kier alpha value is -3.91. The van der Waals surface area contributed by atoms with Gasteiger partial charge in [0.25, 0.3) is 5.91 Å². The van der Waals surface area contributed by atoms with Crippen molar-refractivity contribution in [1.82, 2.24) is 19.8 Å². The van der Waals surface area contributed by atoms with Crippen molar-refractivity contribution in [3.63, 3.8) is 0 Å². The topological polar surface area (TPSA) is 93.6 Å². The van der Waals surface area contributed by atoms with E-state index in [1.54, 1.807) is 28.8 Å². The largest absolute Gasteiger partial charge is 0.491 e. The Labute approximate surface area is 197 Å². The summed E-state index contributed by atoms with van der Waals surface area (Å²) in [6.07, 6.45) is 4.09. The van der Waals surface area contributed by atoms with Gasteiger partial charge in [-0.15, -0.1) is 0 Å². The van der Waals surface area contributed by atoms with E-state index in [2.05, 4.69) is 10.3 Å². The Balaban J connectivity index is 1.34. The lowest BCUT2D eigenvalue weighted by atomic mass is 9.91. The first kappa shape index (κ1) is 21.9. The molecule has 1 aliphatic rings. The van der Waals surface area contributed by atoms with Crippen LogP contribution in [0, 0.1) is 0 Å². The summed E-state index contributed by atoms with van der Waals surface area (Å²) in [5.74, 6) is 0.649. The molecule has 5 rings (SSSR count). The standard InChI is InChI=1S/C26H26N4O4/c1-26(32,10-13-30-12-5-11-27-30)21-8-9-23-20(16-21)18-29(14-15-33-23)25(31)24-17-22(28-34-24)19-6-3-2-4-7-19/h2-9,11-12,16-17,32H,10,13-15,18H2,1H3. The maximum Gasteiger partial charge on any atom is 0.292 e. The molecule has 174 valence electrons. The molecular weight excluding hydrogens is 432 g/mol. The van der Waals surface area contributed by atoms with Crippen molar-refractivity contribution >= 4 is 5.91 Å². The van der Waals surface area contributed by atoms with Crippen LogP contribution in [0.3, 0.4) is 0 Å². The highest BCUT2D eigenvalue weighted by Crippen LogP contribution is 2.32. The van der Waals surface area contributed by atoms with Crippen LogP contribution in [0.2, 0.25) is 0 Å². The van der Waals surface area contributed by atoms with E-state index in [9.17, 15) is 9.90 Å². The second-order valence-electron chi connectivity index (χ2n) is 8.63. The molecule has 0 fully saturated rings.